The second-order valence-corrected chi connectivity index (χ2v) is 5.45. The Morgan fingerprint density at radius 1 is 1.10 bits per heavy atom. The van der Waals surface area contributed by atoms with Crippen LogP contribution in [0.2, 0.25) is 0 Å². The fraction of sp³-hybridized carbons (Fsp3) is 0.235. The van der Waals surface area contributed by atoms with Crippen molar-refractivity contribution < 1.29 is 14.3 Å². The van der Waals surface area contributed by atoms with Gasteiger partial charge in [0.15, 0.2) is 11.5 Å². The van der Waals surface area contributed by atoms with Crippen molar-refractivity contribution in [2.75, 3.05) is 12.1 Å². The number of carbonyl (C=O) groups excluding carboxylic acids is 1. The highest BCUT2D eigenvalue weighted by atomic mass is 16.7. The Balaban J connectivity index is 1.88. The predicted octanol–water partition coefficient (Wildman–Crippen LogP) is 3.20. The average molecular weight is 281 g/mol. The molecule has 2 heterocycles. The van der Waals surface area contributed by atoms with Crippen LogP contribution >= 0.6 is 0 Å². The highest BCUT2D eigenvalue weighted by molar-refractivity contribution is 5.96. The number of hydrogen-bond donors (Lipinski definition) is 1. The van der Waals surface area contributed by atoms with Gasteiger partial charge in [-0.05, 0) is 29.7 Å². The van der Waals surface area contributed by atoms with E-state index < -0.39 is 0 Å². The molecule has 0 fully saturated rings. The van der Waals surface area contributed by atoms with E-state index in [1.165, 1.54) is 11.1 Å². The molecule has 106 valence electrons. The normalized spacial score (nSPS) is 19.1. The second-order valence-electron chi connectivity index (χ2n) is 5.45. The molecule has 0 aromatic heterocycles. The highest BCUT2D eigenvalue weighted by Gasteiger charge is 2.30. The topological polar surface area (TPSA) is 47.6 Å². The van der Waals surface area contributed by atoms with Gasteiger partial charge in [-0.15, -0.1) is 0 Å². The minimum atomic E-state index is 0.0367. The molecule has 2 aliphatic rings. The van der Waals surface area contributed by atoms with Crippen molar-refractivity contribution >= 4 is 11.6 Å². The first-order valence-corrected chi connectivity index (χ1v) is 7.01. The Morgan fingerprint density at radius 3 is 2.67 bits per heavy atom. The Bertz CT molecular complexity index is 739. The summed E-state index contributed by atoms with van der Waals surface area (Å²) in [6.07, 6.45) is 0.456. The summed E-state index contributed by atoms with van der Waals surface area (Å²) >= 11 is 0. The molecule has 1 atom stereocenters. The largest absolute Gasteiger partial charge is 0.454 e. The van der Waals surface area contributed by atoms with Gasteiger partial charge in [-0.3, -0.25) is 4.79 Å². The van der Waals surface area contributed by atoms with Gasteiger partial charge in [0.2, 0.25) is 12.7 Å². The summed E-state index contributed by atoms with van der Waals surface area (Å²) in [4.78, 5) is 12.0. The summed E-state index contributed by atoms with van der Waals surface area (Å²) in [5.41, 5.74) is 4.30. The molecule has 0 bridgehead atoms. The summed E-state index contributed by atoms with van der Waals surface area (Å²) in [5.74, 6) is 1.54. The SMILES string of the molecule is Cc1ccccc1C1CC(=O)Nc2cc3c(cc21)OCO3. The number of ether oxygens (including phenoxy) is 2. The zero-order valence-electron chi connectivity index (χ0n) is 11.7. The lowest BCUT2D eigenvalue weighted by Crippen LogP contribution is -2.23. The number of nitrogens with one attached hydrogen (secondary N) is 1. The monoisotopic (exact) mass is 281 g/mol. The standard InChI is InChI=1S/C17H15NO3/c1-10-4-2-3-5-11(10)12-7-17(19)18-14-8-16-15(6-13(12)14)20-9-21-16/h2-6,8,12H,7,9H2,1H3,(H,18,19). The van der Waals surface area contributed by atoms with Crippen molar-refractivity contribution in [3.63, 3.8) is 0 Å². The third-order valence-corrected chi connectivity index (χ3v) is 4.15. The molecule has 4 heteroatoms. The maximum atomic E-state index is 12.0. The number of carbonyl (C=O) groups is 1. The van der Waals surface area contributed by atoms with Gasteiger partial charge in [-0.2, -0.15) is 0 Å². The van der Waals surface area contributed by atoms with Crippen molar-refractivity contribution in [1.29, 1.82) is 0 Å². The molecule has 4 nitrogen and oxygen atoms in total. The van der Waals surface area contributed by atoms with Crippen LogP contribution in [-0.2, 0) is 4.79 Å². The van der Waals surface area contributed by atoms with Gasteiger partial charge in [-0.1, -0.05) is 24.3 Å². The first-order valence-electron chi connectivity index (χ1n) is 7.01. The van der Waals surface area contributed by atoms with Crippen LogP contribution in [0.5, 0.6) is 11.5 Å². The van der Waals surface area contributed by atoms with Crippen LogP contribution in [0.25, 0.3) is 0 Å². The maximum Gasteiger partial charge on any atom is 0.231 e. The minimum absolute atomic E-state index is 0.0367. The van der Waals surface area contributed by atoms with Crippen molar-refractivity contribution in [3.05, 3.63) is 53.1 Å². The fourth-order valence-electron chi connectivity index (χ4n) is 3.11. The van der Waals surface area contributed by atoms with Crippen molar-refractivity contribution in [2.24, 2.45) is 0 Å². The molecule has 2 aromatic rings. The molecule has 2 aromatic carbocycles. The van der Waals surface area contributed by atoms with Crippen molar-refractivity contribution in [1.82, 2.24) is 0 Å². The first kappa shape index (κ1) is 12.3. The zero-order valence-corrected chi connectivity index (χ0v) is 11.7. The number of rotatable bonds is 1. The van der Waals surface area contributed by atoms with Crippen LogP contribution < -0.4 is 14.8 Å². The van der Waals surface area contributed by atoms with Gasteiger partial charge in [0, 0.05) is 24.1 Å². The number of benzene rings is 2. The molecule has 0 saturated carbocycles. The molecular formula is C17H15NO3. The van der Waals surface area contributed by atoms with Gasteiger partial charge >= 0.3 is 0 Å². The second kappa shape index (κ2) is 4.52. The molecule has 2 aliphatic heterocycles. The number of amides is 1. The van der Waals surface area contributed by atoms with Crippen LogP contribution in [0, 0.1) is 6.92 Å². The van der Waals surface area contributed by atoms with E-state index in [9.17, 15) is 4.79 Å². The number of hydrogen-bond acceptors (Lipinski definition) is 3. The van der Waals surface area contributed by atoms with Crippen LogP contribution in [0.15, 0.2) is 36.4 Å². The van der Waals surface area contributed by atoms with Crippen molar-refractivity contribution in [2.45, 2.75) is 19.3 Å². The molecule has 1 N–H and O–H groups in total. The lowest BCUT2D eigenvalue weighted by atomic mass is 9.82. The van der Waals surface area contributed by atoms with Crippen molar-refractivity contribution in [3.8, 4) is 11.5 Å². The Kier molecular flexibility index (Phi) is 2.64. The molecular weight excluding hydrogens is 266 g/mol. The van der Waals surface area contributed by atoms with E-state index in [1.54, 1.807) is 0 Å². The number of fused-ring (bicyclic) bond motifs is 2. The molecule has 0 saturated heterocycles. The summed E-state index contributed by atoms with van der Waals surface area (Å²) < 4.78 is 10.9. The summed E-state index contributed by atoms with van der Waals surface area (Å²) in [6, 6.07) is 12.1. The lowest BCUT2D eigenvalue weighted by molar-refractivity contribution is -0.116. The Morgan fingerprint density at radius 2 is 1.86 bits per heavy atom. The van der Waals surface area contributed by atoms with E-state index in [4.69, 9.17) is 9.47 Å². The third-order valence-electron chi connectivity index (χ3n) is 4.15. The predicted molar refractivity (Wildman–Crippen MR) is 78.8 cm³/mol. The van der Waals surface area contributed by atoms with E-state index in [0.29, 0.717) is 12.2 Å². The smallest absolute Gasteiger partial charge is 0.231 e. The molecule has 1 unspecified atom stereocenters. The van der Waals surface area contributed by atoms with Crippen LogP contribution in [0.3, 0.4) is 0 Å². The third kappa shape index (κ3) is 1.95. The number of aryl methyl sites for hydroxylation is 1. The minimum Gasteiger partial charge on any atom is -0.454 e. The molecule has 21 heavy (non-hydrogen) atoms. The van der Waals surface area contributed by atoms with Gasteiger partial charge in [0.1, 0.15) is 0 Å². The van der Waals surface area contributed by atoms with Gasteiger partial charge < -0.3 is 14.8 Å². The van der Waals surface area contributed by atoms with Crippen LogP contribution in [-0.4, -0.2) is 12.7 Å². The number of anilines is 1. The lowest BCUT2D eigenvalue weighted by Gasteiger charge is -2.27. The van der Waals surface area contributed by atoms with Crippen LogP contribution in [0.4, 0.5) is 5.69 Å². The average Bonchev–Trinajstić information content (AvgIpc) is 2.92. The highest BCUT2D eigenvalue weighted by Crippen LogP contribution is 2.45. The van der Waals surface area contributed by atoms with E-state index in [2.05, 4.69) is 24.4 Å². The molecule has 1 amide bonds. The van der Waals surface area contributed by atoms with Gasteiger partial charge in [0.05, 0.1) is 0 Å². The van der Waals surface area contributed by atoms with E-state index in [-0.39, 0.29) is 18.6 Å². The molecule has 4 rings (SSSR count). The summed E-state index contributed by atoms with van der Waals surface area (Å²) in [7, 11) is 0. The Hall–Kier alpha value is -2.49. The first-order chi connectivity index (χ1) is 10.2. The quantitative estimate of drug-likeness (QED) is 0.873. The zero-order chi connectivity index (χ0) is 14.4. The summed E-state index contributed by atoms with van der Waals surface area (Å²) in [6.45, 7) is 2.32. The Labute approximate surface area is 122 Å². The summed E-state index contributed by atoms with van der Waals surface area (Å²) in [5, 5.41) is 2.93. The van der Waals surface area contributed by atoms with E-state index >= 15 is 0 Å². The molecule has 0 aliphatic carbocycles. The van der Waals surface area contributed by atoms with E-state index in [1.807, 2.05) is 24.3 Å². The van der Waals surface area contributed by atoms with Gasteiger partial charge in [0.25, 0.3) is 0 Å². The fourth-order valence-corrected chi connectivity index (χ4v) is 3.11. The molecule has 0 spiro atoms. The van der Waals surface area contributed by atoms with Crippen LogP contribution in [0.1, 0.15) is 29.0 Å². The molecule has 0 radical (unpaired) electrons. The van der Waals surface area contributed by atoms with E-state index in [0.717, 1.165) is 17.0 Å². The van der Waals surface area contributed by atoms with Gasteiger partial charge in [-0.25, -0.2) is 0 Å². The maximum absolute atomic E-state index is 12.0.